The first kappa shape index (κ1) is 16.8. The number of hydrogen-bond acceptors (Lipinski definition) is 4. The Morgan fingerprint density at radius 3 is 2.92 bits per heavy atom. The summed E-state index contributed by atoms with van der Waals surface area (Å²) in [6.07, 6.45) is 7.50. The Hall–Kier alpha value is -2.08. The standard InChI is InChI=1S/C17H22ClN5O/c1-13-19-7-9-23(13)15-4-3-8-22(11-15)17(24)12-21(2)16-6-5-14(18)10-20-16/h5-7,9-10,15H,3-4,8,11-12H2,1-2H3. The van der Waals surface area contributed by atoms with Gasteiger partial charge in [0.15, 0.2) is 0 Å². The Morgan fingerprint density at radius 2 is 2.25 bits per heavy atom. The van der Waals surface area contributed by atoms with Crippen LogP contribution in [0.15, 0.2) is 30.7 Å². The lowest BCUT2D eigenvalue weighted by Gasteiger charge is -2.35. The maximum Gasteiger partial charge on any atom is 0.242 e. The molecule has 0 aliphatic carbocycles. The molecule has 0 spiro atoms. The maximum atomic E-state index is 12.7. The van der Waals surface area contributed by atoms with E-state index in [1.807, 2.05) is 42.2 Å². The molecule has 1 amide bonds. The van der Waals surface area contributed by atoms with Crippen molar-refractivity contribution in [1.29, 1.82) is 0 Å². The molecule has 24 heavy (non-hydrogen) atoms. The van der Waals surface area contributed by atoms with Crippen LogP contribution in [-0.2, 0) is 4.79 Å². The van der Waals surface area contributed by atoms with Gasteiger partial charge < -0.3 is 14.4 Å². The molecule has 0 aromatic carbocycles. The van der Waals surface area contributed by atoms with Crippen molar-refractivity contribution in [3.8, 4) is 0 Å². The van der Waals surface area contributed by atoms with Crippen LogP contribution in [0.3, 0.4) is 0 Å². The van der Waals surface area contributed by atoms with E-state index in [1.165, 1.54) is 0 Å². The fraction of sp³-hybridized carbons (Fsp3) is 0.471. The normalized spacial score (nSPS) is 17.8. The second-order valence-corrected chi connectivity index (χ2v) is 6.64. The fourth-order valence-electron chi connectivity index (χ4n) is 3.16. The Balaban J connectivity index is 1.62. The van der Waals surface area contributed by atoms with Gasteiger partial charge in [-0.25, -0.2) is 9.97 Å². The highest BCUT2D eigenvalue weighted by atomic mass is 35.5. The van der Waals surface area contributed by atoms with E-state index in [1.54, 1.807) is 12.3 Å². The van der Waals surface area contributed by atoms with Gasteiger partial charge in [0, 0.05) is 38.7 Å². The summed E-state index contributed by atoms with van der Waals surface area (Å²) in [6, 6.07) is 3.91. The third-order valence-corrected chi connectivity index (χ3v) is 4.70. The molecule has 1 aliphatic rings. The molecule has 6 nitrogen and oxygen atoms in total. The van der Waals surface area contributed by atoms with Crippen molar-refractivity contribution in [2.75, 3.05) is 31.6 Å². The van der Waals surface area contributed by atoms with Crippen LogP contribution in [0.1, 0.15) is 24.7 Å². The highest BCUT2D eigenvalue weighted by Crippen LogP contribution is 2.23. The van der Waals surface area contributed by atoms with E-state index in [-0.39, 0.29) is 5.91 Å². The molecule has 1 atom stereocenters. The van der Waals surface area contributed by atoms with E-state index >= 15 is 0 Å². The summed E-state index contributed by atoms with van der Waals surface area (Å²) in [6.45, 7) is 3.86. The minimum atomic E-state index is 0.122. The van der Waals surface area contributed by atoms with Crippen LogP contribution in [-0.4, -0.2) is 52.0 Å². The van der Waals surface area contributed by atoms with Crippen molar-refractivity contribution < 1.29 is 4.79 Å². The van der Waals surface area contributed by atoms with E-state index in [9.17, 15) is 4.79 Å². The van der Waals surface area contributed by atoms with Crippen LogP contribution in [0, 0.1) is 6.92 Å². The number of imidazole rings is 1. The van der Waals surface area contributed by atoms with Crippen molar-refractivity contribution in [3.05, 3.63) is 41.6 Å². The van der Waals surface area contributed by atoms with Gasteiger partial charge in [-0.1, -0.05) is 11.6 Å². The first-order valence-corrected chi connectivity index (χ1v) is 8.52. The van der Waals surface area contributed by atoms with Gasteiger partial charge in [-0.15, -0.1) is 0 Å². The Kier molecular flexibility index (Phi) is 5.04. The second kappa shape index (κ2) is 7.21. The Morgan fingerprint density at radius 1 is 1.42 bits per heavy atom. The number of anilines is 1. The number of carbonyl (C=O) groups is 1. The SMILES string of the molecule is Cc1nccn1C1CCCN(C(=O)CN(C)c2ccc(Cl)cn2)C1. The highest BCUT2D eigenvalue weighted by molar-refractivity contribution is 6.30. The fourth-order valence-corrected chi connectivity index (χ4v) is 3.27. The zero-order valence-electron chi connectivity index (χ0n) is 14.0. The molecule has 2 aromatic heterocycles. The first-order chi connectivity index (χ1) is 11.5. The summed E-state index contributed by atoms with van der Waals surface area (Å²) >= 11 is 5.86. The molecular weight excluding hydrogens is 326 g/mol. The number of carbonyl (C=O) groups excluding carboxylic acids is 1. The van der Waals surface area contributed by atoms with E-state index in [0.29, 0.717) is 17.6 Å². The van der Waals surface area contributed by atoms with Crippen LogP contribution < -0.4 is 4.90 Å². The zero-order chi connectivity index (χ0) is 17.1. The number of piperidine rings is 1. The summed E-state index contributed by atoms with van der Waals surface area (Å²) in [4.78, 5) is 25.0. The number of pyridine rings is 1. The zero-order valence-corrected chi connectivity index (χ0v) is 14.8. The molecule has 0 bridgehead atoms. The smallest absolute Gasteiger partial charge is 0.242 e. The van der Waals surface area contributed by atoms with Crippen LogP contribution in [0.4, 0.5) is 5.82 Å². The molecule has 3 rings (SSSR count). The van der Waals surface area contributed by atoms with Crippen LogP contribution in [0.2, 0.25) is 5.02 Å². The van der Waals surface area contributed by atoms with Gasteiger partial charge in [-0.2, -0.15) is 0 Å². The predicted molar refractivity (Wildman–Crippen MR) is 94.3 cm³/mol. The van der Waals surface area contributed by atoms with Gasteiger partial charge in [-0.05, 0) is 31.9 Å². The van der Waals surface area contributed by atoms with Crippen molar-refractivity contribution in [2.45, 2.75) is 25.8 Å². The monoisotopic (exact) mass is 347 g/mol. The van der Waals surface area contributed by atoms with E-state index < -0.39 is 0 Å². The summed E-state index contributed by atoms with van der Waals surface area (Å²) in [5.74, 6) is 1.86. The predicted octanol–water partition coefficient (Wildman–Crippen LogP) is 2.54. The van der Waals surface area contributed by atoms with Crippen molar-refractivity contribution in [2.24, 2.45) is 0 Å². The molecule has 0 radical (unpaired) electrons. The van der Waals surface area contributed by atoms with E-state index in [2.05, 4.69) is 14.5 Å². The maximum absolute atomic E-state index is 12.7. The number of likely N-dealkylation sites (tertiary alicyclic amines) is 1. The molecule has 0 saturated carbocycles. The van der Waals surface area contributed by atoms with Crippen LogP contribution in [0.25, 0.3) is 0 Å². The van der Waals surface area contributed by atoms with Gasteiger partial charge >= 0.3 is 0 Å². The summed E-state index contributed by atoms with van der Waals surface area (Å²) in [5.41, 5.74) is 0. The number of likely N-dealkylation sites (N-methyl/N-ethyl adjacent to an activating group) is 1. The van der Waals surface area contributed by atoms with Gasteiger partial charge in [0.25, 0.3) is 0 Å². The summed E-state index contributed by atoms with van der Waals surface area (Å²) in [5, 5.41) is 0.591. The first-order valence-electron chi connectivity index (χ1n) is 8.14. The molecule has 128 valence electrons. The third kappa shape index (κ3) is 3.70. The lowest BCUT2D eigenvalue weighted by Crippen LogP contribution is -2.45. The minimum Gasteiger partial charge on any atom is -0.350 e. The Labute approximate surface area is 147 Å². The van der Waals surface area contributed by atoms with Crippen molar-refractivity contribution in [3.63, 3.8) is 0 Å². The molecule has 1 unspecified atom stereocenters. The number of halogens is 1. The van der Waals surface area contributed by atoms with Crippen molar-refractivity contribution >= 4 is 23.3 Å². The molecule has 1 fully saturated rings. The number of aryl methyl sites for hydroxylation is 1. The largest absolute Gasteiger partial charge is 0.350 e. The molecule has 0 N–H and O–H groups in total. The van der Waals surface area contributed by atoms with Crippen LogP contribution >= 0.6 is 11.6 Å². The van der Waals surface area contributed by atoms with Crippen LogP contribution in [0.5, 0.6) is 0 Å². The van der Waals surface area contributed by atoms with Gasteiger partial charge in [0.1, 0.15) is 11.6 Å². The molecular formula is C17H22ClN5O. The molecule has 2 aromatic rings. The van der Waals surface area contributed by atoms with E-state index in [4.69, 9.17) is 11.6 Å². The molecule has 3 heterocycles. The van der Waals surface area contributed by atoms with Gasteiger partial charge in [-0.3, -0.25) is 4.79 Å². The number of amides is 1. The average Bonchev–Trinajstić information content (AvgIpc) is 3.01. The summed E-state index contributed by atoms with van der Waals surface area (Å²) in [7, 11) is 1.87. The molecule has 1 saturated heterocycles. The average molecular weight is 348 g/mol. The second-order valence-electron chi connectivity index (χ2n) is 6.21. The van der Waals surface area contributed by atoms with E-state index in [0.717, 1.165) is 37.6 Å². The van der Waals surface area contributed by atoms with Crippen molar-refractivity contribution in [1.82, 2.24) is 19.4 Å². The topological polar surface area (TPSA) is 54.3 Å². The number of aromatic nitrogens is 3. The number of rotatable bonds is 4. The Bertz CT molecular complexity index is 699. The third-order valence-electron chi connectivity index (χ3n) is 4.48. The highest BCUT2D eigenvalue weighted by Gasteiger charge is 2.26. The van der Waals surface area contributed by atoms with Gasteiger partial charge in [0.2, 0.25) is 5.91 Å². The lowest BCUT2D eigenvalue weighted by molar-refractivity contribution is -0.131. The lowest BCUT2D eigenvalue weighted by atomic mass is 10.1. The number of nitrogens with zero attached hydrogens (tertiary/aromatic N) is 5. The summed E-state index contributed by atoms with van der Waals surface area (Å²) < 4.78 is 2.17. The minimum absolute atomic E-state index is 0.122. The number of hydrogen-bond donors (Lipinski definition) is 0. The van der Waals surface area contributed by atoms with Gasteiger partial charge in [0.05, 0.1) is 17.6 Å². The molecule has 1 aliphatic heterocycles. The molecule has 7 heteroatoms. The quantitative estimate of drug-likeness (QED) is 0.853.